The first-order valence-electron chi connectivity index (χ1n) is 4.41. The molecule has 16 heavy (non-hydrogen) atoms. The molecule has 0 aromatic carbocycles. The molecule has 0 spiro atoms. The number of carbonyl (C=O) groups is 1. The van der Waals surface area contributed by atoms with Crippen molar-refractivity contribution in [2.24, 2.45) is 0 Å². The smallest absolute Gasteiger partial charge is 0.384 e. The minimum atomic E-state index is -0.615. The van der Waals surface area contributed by atoms with Gasteiger partial charge in [-0.1, -0.05) is 17.5 Å². The molecule has 4 nitrogen and oxygen atoms in total. The molecule has 0 bridgehead atoms. The fourth-order valence-electron chi connectivity index (χ4n) is 0.885. The number of nitrogens with zero attached hydrogens (tertiary/aromatic N) is 2. The number of aromatic nitrogens is 1. The van der Waals surface area contributed by atoms with Crippen LogP contribution in [0.1, 0.15) is 18.1 Å². The number of halogens is 1. The Morgan fingerprint density at radius 1 is 1.69 bits per heavy atom. The van der Waals surface area contributed by atoms with Crippen molar-refractivity contribution < 1.29 is 9.53 Å². The summed E-state index contributed by atoms with van der Waals surface area (Å²) in [4.78, 5) is 14.7. The molecule has 0 radical (unpaired) electrons. The fraction of sp³-hybridized carbons (Fsp3) is 0.182. The van der Waals surface area contributed by atoms with E-state index in [1.54, 1.807) is 6.92 Å². The maximum Gasteiger partial charge on any atom is 0.384 e. The second-order valence-electron chi connectivity index (χ2n) is 2.64. The van der Waals surface area contributed by atoms with Crippen LogP contribution in [0.3, 0.4) is 0 Å². The van der Waals surface area contributed by atoms with Gasteiger partial charge in [0.25, 0.3) is 0 Å². The van der Waals surface area contributed by atoms with Gasteiger partial charge in [0.05, 0.1) is 12.2 Å². The molecule has 0 saturated carbocycles. The molecule has 0 amide bonds. The number of hydrogen-bond acceptors (Lipinski definition) is 4. The van der Waals surface area contributed by atoms with Gasteiger partial charge in [-0.15, -0.1) is 0 Å². The zero-order valence-corrected chi connectivity index (χ0v) is 9.21. The lowest BCUT2D eigenvalue weighted by atomic mass is 10.2. The number of carbonyl (C=O) groups excluding carboxylic acids is 1. The van der Waals surface area contributed by atoms with E-state index in [2.05, 4.69) is 21.6 Å². The quantitative estimate of drug-likeness (QED) is 0.420. The lowest BCUT2D eigenvalue weighted by Crippen LogP contribution is -1.99. The summed E-state index contributed by atoms with van der Waals surface area (Å²) in [5.74, 6) is 4.19. The number of hydrogen-bond donors (Lipinski definition) is 0. The number of pyridine rings is 1. The first-order valence-corrected chi connectivity index (χ1v) is 4.79. The van der Waals surface area contributed by atoms with E-state index in [1.165, 1.54) is 12.3 Å². The molecule has 0 aliphatic heterocycles. The molecule has 1 rings (SSSR count). The van der Waals surface area contributed by atoms with Crippen molar-refractivity contribution >= 4 is 17.6 Å². The molecule has 0 aliphatic carbocycles. The van der Waals surface area contributed by atoms with Gasteiger partial charge in [-0.3, -0.25) is 0 Å². The van der Waals surface area contributed by atoms with Gasteiger partial charge >= 0.3 is 5.97 Å². The Hall–Kier alpha value is -2.04. The standard InChI is InChI=1S/C11H7ClN2O2/c1-2-16-10(15)4-3-8-5-9(6-13)11(12)14-7-8/h5,7H,2H2,1H3. The minimum Gasteiger partial charge on any atom is -0.456 e. The monoisotopic (exact) mass is 234 g/mol. The molecule has 0 unspecified atom stereocenters. The second kappa shape index (κ2) is 5.75. The molecule has 0 N–H and O–H groups in total. The predicted octanol–water partition coefficient (Wildman–Crippen LogP) is 1.52. The van der Waals surface area contributed by atoms with E-state index in [9.17, 15) is 4.79 Å². The molecule has 5 heteroatoms. The van der Waals surface area contributed by atoms with Crippen molar-refractivity contribution in [1.29, 1.82) is 5.26 Å². The molecule has 1 aromatic heterocycles. The van der Waals surface area contributed by atoms with Crippen molar-refractivity contribution in [3.05, 3.63) is 28.5 Å². The van der Waals surface area contributed by atoms with Crippen LogP contribution < -0.4 is 0 Å². The van der Waals surface area contributed by atoms with Crippen LogP contribution >= 0.6 is 11.6 Å². The number of esters is 1. The Morgan fingerprint density at radius 2 is 2.44 bits per heavy atom. The van der Waals surface area contributed by atoms with Crippen molar-refractivity contribution in [3.63, 3.8) is 0 Å². The largest absolute Gasteiger partial charge is 0.456 e. The molecule has 80 valence electrons. The van der Waals surface area contributed by atoms with E-state index in [4.69, 9.17) is 16.9 Å². The van der Waals surface area contributed by atoms with Crippen molar-refractivity contribution in [2.75, 3.05) is 6.61 Å². The Bertz CT molecular complexity index is 509. The van der Waals surface area contributed by atoms with Gasteiger partial charge in [-0.2, -0.15) is 5.26 Å². The van der Waals surface area contributed by atoms with Crippen LogP contribution in [0.5, 0.6) is 0 Å². The average molecular weight is 235 g/mol. The summed E-state index contributed by atoms with van der Waals surface area (Å²) in [5, 5.41) is 8.81. The zero-order valence-electron chi connectivity index (χ0n) is 8.45. The first kappa shape index (κ1) is 12.0. The van der Waals surface area contributed by atoms with Gasteiger partial charge in [-0.05, 0) is 13.0 Å². The summed E-state index contributed by atoms with van der Waals surface area (Å²) in [6.45, 7) is 1.97. The van der Waals surface area contributed by atoms with Crippen LogP contribution in [0, 0.1) is 23.2 Å². The van der Waals surface area contributed by atoms with E-state index in [1.807, 2.05) is 6.07 Å². The maximum atomic E-state index is 10.9. The van der Waals surface area contributed by atoms with Crippen LogP contribution in [-0.4, -0.2) is 17.6 Å². The molecule has 0 atom stereocenters. The van der Waals surface area contributed by atoms with E-state index in [0.717, 1.165) is 0 Å². The molecule has 1 heterocycles. The summed E-state index contributed by atoms with van der Waals surface area (Å²) in [6, 6.07) is 3.33. The average Bonchev–Trinajstić information content (AvgIpc) is 2.28. The molecule has 0 fully saturated rings. The Kier molecular flexibility index (Phi) is 4.32. The lowest BCUT2D eigenvalue weighted by Gasteiger charge is -1.94. The number of rotatable bonds is 1. The van der Waals surface area contributed by atoms with Gasteiger partial charge < -0.3 is 4.74 Å². The zero-order chi connectivity index (χ0) is 12.0. The predicted molar refractivity (Wildman–Crippen MR) is 57.5 cm³/mol. The topological polar surface area (TPSA) is 63.0 Å². The van der Waals surface area contributed by atoms with E-state index in [0.29, 0.717) is 5.56 Å². The van der Waals surface area contributed by atoms with Crippen molar-refractivity contribution in [1.82, 2.24) is 4.98 Å². The molecule has 0 aliphatic rings. The third kappa shape index (κ3) is 3.27. The van der Waals surface area contributed by atoms with E-state index < -0.39 is 5.97 Å². The van der Waals surface area contributed by atoms with Crippen LogP contribution in [0.25, 0.3) is 0 Å². The molecular formula is C11H7ClN2O2. The van der Waals surface area contributed by atoms with Crippen LogP contribution in [0.4, 0.5) is 0 Å². The molecule has 1 aromatic rings. The lowest BCUT2D eigenvalue weighted by molar-refractivity contribution is -0.136. The Morgan fingerprint density at radius 3 is 3.06 bits per heavy atom. The Labute approximate surface area is 97.8 Å². The summed E-state index contributed by atoms with van der Waals surface area (Å²) >= 11 is 5.64. The molecular weight excluding hydrogens is 228 g/mol. The maximum absolute atomic E-state index is 10.9. The number of ether oxygens (including phenoxy) is 1. The van der Waals surface area contributed by atoms with Crippen LogP contribution in [0.15, 0.2) is 12.3 Å². The van der Waals surface area contributed by atoms with Crippen LogP contribution in [-0.2, 0) is 9.53 Å². The van der Waals surface area contributed by atoms with Gasteiger partial charge in [0.1, 0.15) is 11.2 Å². The van der Waals surface area contributed by atoms with Crippen molar-refractivity contribution in [3.8, 4) is 17.9 Å². The van der Waals surface area contributed by atoms with E-state index in [-0.39, 0.29) is 17.3 Å². The summed E-state index contributed by atoms with van der Waals surface area (Å²) in [7, 11) is 0. The second-order valence-corrected chi connectivity index (χ2v) is 3.00. The third-order valence-electron chi connectivity index (χ3n) is 1.54. The SMILES string of the molecule is CCOC(=O)C#Cc1cnc(Cl)c(C#N)c1. The van der Waals surface area contributed by atoms with Crippen LogP contribution in [0.2, 0.25) is 5.15 Å². The summed E-state index contributed by atoms with van der Waals surface area (Å²) in [6.07, 6.45) is 1.38. The van der Waals surface area contributed by atoms with Gasteiger partial charge in [0.15, 0.2) is 0 Å². The van der Waals surface area contributed by atoms with E-state index >= 15 is 0 Å². The normalized spacial score (nSPS) is 8.56. The van der Waals surface area contributed by atoms with Gasteiger partial charge in [0, 0.05) is 17.7 Å². The molecule has 0 saturated heterocycles. The van der Waals surface area contributed by atoms with Gasteiger partial charge in [-0.25, -0.2) is 9.78 Å². The third-order valence-corrected chi connectivity index (χ3v) is 1.85. The van der Waals surface area contributed by atoms with Crippen molar-refractivity contribution in [2.45, 2.75) is 6.92 Å². The first-order chi connectivity index (χ1) is 7.67. The highest BCUT2D eigenvalue weighted by Gasteiger charge is 2.01. The summed E-state index contributed by atoms with van der Waals surface area (Å²) < 4.78 is 4.62. The highest BCUT2D eigenvalue weighted by molar-refractivity contribution is 6.30. The fourth-order valence-corrected chi connectivity index (χ4v) is 1.03. The Balaban J connectivity index is 2.91. The number of nitriles is 1. The van der Waals surface area contributed by atoms with Gasteiger partial charge in [0.2, 0.25) is 0 Å². The highest BCUT2D eigenvalue weighted by atomic mass is 35.5. The minimum absolute atomic E-state index is 0.115. The summed E-state index contributed by atoms with van der Waals surface area (Å²) in [5.41, 5.74) is 0.659. The highest BCUT2D eigenvalue weighted by Crippen LogP contribution is 2.12.